The van der Waals surface area contributed by atoms with Gasteiger partial charge in [-0.3, -0.25) is 14.5 Å². The SMILES string of the molecule is CCN1CCN(C(=O)NCc2nc(-c3cc(C)on3)no2)C(=O)C1=O. The zero-order valence-electron chi connectivity index (χ0n) is 13.7. The van der Waals surface area contributed by atoms with E-state index in [1.54, 1.807) is 19.9 Å². The van der Waals surface area contributed by atoms with E-state index in [-0.39, 0.29) is 24.8 Å². The number of rotatable bonds is 4. The van der Waals surface area contributed by atoms with Gasteiger partial charge in [0.05, 0.1) is 6.54 Å². The molecule has 0 aliphatic carbocycles. The van der Waals surface area contributed by atoms with Crippen LogP contribution in [-0.4, -0.2) is 62.6 Å². The van der Waals surface area contributed by atoms with E-state index in [0.29, 0.717) is 24.5 Å². The van der Waals surface area contributed by atoms with E-state index in [9.17, 15) is 14.4 Å². The highest BCUT2D eigenvalue weighted by atomic mass is 16.5. The predicted molar refractivity (Wildman–Crippen MR) is 80.7 cm³/mol. The maximum Gasteiger partial charge on any atom is 0.325 e. The van der Waals surface area contributed by atoms with E-state index in [2.05, 4.69) is 20.6 Å². The van der Waals surface area contributed by atoms with Gasteiger partial charge in [-0.1, -0.05) is 10.3 Å². The summed E-state index contributed by atoms with van der Waals surface area (Å²) < 4.78 is 9.94. The number of aromatic nitrogens is 3. The van der Waals surface area contributed by atoms with Crippen molar-refractivity contribution in [2.75, 3.05) is 19.6 Å². The van der Waals surface area contributed by atoms with Crippen LogP contribution >= 0.6 is 0 Å². The van der Waals surface area contributed by atoms with Crippen molar-refractivity contribution in [3.8, 4) is 11.5 Å². The number of likely N-dealkylation sites (N-methyl/N-ethyl adjacent to an activating group) is 1. The molecular weight excluding hydrogens is 332 g/mol. The number of nitrogens with zero attached hydrogens (tertiary/aromatic N) is 5. The molecule has 4 amide bonds. The van der Waals surface area contributed by atoms with Crippen molar-refractivity contribution in [2.45, 2.75) is 20.4 Å². The van der Waals surface area contributed by atoms with Crippen LogP contribution in [0.15, 0.2) is 15.1 Å². The first kappa shape index (κ1) is 16.6. The van der Waals surface area contributed by atoms with Crippen molar-refractivity contribution < 1.29 is 23.4 Å². The Morgan fingerprint density at radius 3 is 2.72 bits per heavy atom. The first-order chi connectivity index (χ1) is 12.0. The highest BCUT2D eigenvalue weighted by Gasteiger charge is 2.35. The Hall–Kier alpha value is -3.24. The highest BCUT2D eigenvalue weighted by Crippen LogP contribution is 2.15. The number of hydrogen-bond acceptors (Lipinski definition) is 8. The van der Waals surface area contributed by atoms with E-state index < -0.39 is 17.8 Å². The Kier molecular flexibility index (Phi) is 4.46. The number of piperazine rings is 1. The van der Waals surface area contributed by atoms with Crippen LogP contribution in [0.3, 0.4) is 0 Å². The van der Waals surface area contributed by atoms with Crippen LogP contribution in [0, 0.1) is 6.92 Å². The van der Waals surface area contributed by atoms with Gasteiger partial charge in [-0.2, -0.15) is 4.98 Å². The van der Waals surface area contributed by atoms with Crippen molar-refractivity contribution in [1.82, 2.24) is 30.4 Å². The predicted octanol–water partition coefficient (Wildman–Crippen LogP) is -0.0667. The number of carbonyl (C=O) groups excluding carboxylic acids is 3. The lowest BCUT2D eigenvalue weighted by molar-refractivity contribution is -0.153. The molecule has 25 heavy (non-hydrogen) atoms. The van der Waals surface area contributed by atoms with Gasteiger partial charge in [-0.25, -0.2) is 4.79 Å². The number of amides is 4. The molecule has 11 heteroatoms. The quantitative estimate of drug-likeness (QED) is 0.759. The second-order valence-electron chi connectivity index (χ2n) is 5.33. The van der Waals surface area contributed by atoms with Gasteiger partial charge in [0.25, 0.3) is 0 Å². The van der Waals surface area contributed by atoms with Crippen molar-refractivity contribution in [2.24, 2.45) is 0 Å². The molecule has 2 aromatic heterocycles. The maximum atomic E-state index is 12.1. The fourth-order valence-corrected chi connectivity index (χ4v) is 2.32. The first-order valence-electron chi connectivity index (χ1n) is 7.64. The van der Waals surface area contributed by atoms with Gasteiger partial charge in [0.1, 0.15) is 5.76 Å². The van der Waals surface area contributed by atoms with Gasteiger partial charge in [0, 0.05) is 25.7 Å². The molecule has 0 bridgehead atoms. The summed E-state index contributed by atoms with van der Waals surface area (Å²) in [6.45, 7) is 4.28. The summed E-state index contributed by atoms with van der Waals surface area (Å²) in [5.41, 5.74) is 0.412. The van der Waals surface area contributed by atoms with Crippen molar-refractivity contribution in [1.29, 1.82) is 0 Å². The monoisotopic (exact) mass is 348 g/mol. The molecule has 3 heterocycles. The molecule has 132 valence electrons. The Labute approximate surface area is 141 Å². The number of carbonyl (C=O) groups is 3. The van der Waals surface area contributed by atoms with Gasteiger partial charge in [-0.05, 0) is 13.8 Å². The van der Waals surface area contributed by atoms with Gasteiger partial charge < -0.3 is 19.3 Å². The zero-order chi connectivity index (χ0) is 18.0. The smallest absolute Gasteiger partial charge is 0.325 e. The Morgan fingerprint density at radius 2 is 2.04 bits per heavy atom. The fourth-order valence-electron chi connectivity index (χ4n) is 2.32. The van der Waals surface area contributed by atoms with Crippen molar-refractivity contribution in [3.63, 3.8) is 0 Å². The second-order valence-corrected chi connectivity index (χ2v) is 5.33. The molecule has 1 fully saturated rings. The Balaban J connectivity index is 1.59. The molecule has 2 aromatic rings. The van der Waals surface area contributed by atoms with E-state index in [1.807, 2.05) is 0 Å². The van der Waals surface area contributed by atoms with Gasteiger partial charge >= 0.3 is 17.8 Å². The number of urea groups is 1. The molecule has 0 spiro atoms. The second kappa shape index (κ2) is 6.71. The van der Waals surface area contributed by atoms with Crippen LogP contribution in [0.4, 0.5) is 4.79 Å². The lowest BCUT2D eigenvalue weighted by atomic mass is 10.3. The first-order valence-corrected chi connectivity index (χ1v) is 7.64. The molecule has 1 aliphatic heterocycles. The molecule has 0 saturated carbocycles. The lowest BCUT2D eigenvalue weighted by Gasteiger charge is -2.31. The van der Waals surface area contributed by atoms with Gasteiger partial charge in [0.15, 0.2) is 5.69 Å². The Bertz CT molecular complexity index is 812. The molecular formula is C14H16N6O5. The summed E-state index contributed by atoms with van der Waals surface area (Å²) in [6.07, 6.45) is 0. The standard InChI is InChI=1S/C14H16N6O5/c1-3-19-4-5-20(13(22)12(19)21)14(23)15-7-10-16-11(18-25-10)9-6-8(2)24-17-9/h6H,3-5,7H2,1-2H3,(H,15,23). The van der Waals surface area contributed by atoms with Crippen LogP contribution in [0.1, 0.15) is 18.6 Å². The summed E-state index contributed by atoms with van der Waals surface area (Å²) in [4.78, 5) is 42.2. The van der Waals surface area contributed by atoms with E-state index in [4.69, 9.17) is 9.05 Å². The summed E-state index contributed by atoms with van der Waals surface area (Å²) in [6, 6.07) is 0.955. The van der Waals surface area contributed by atoms with Crippen LogP contribution in [0.2, 0.25) is 0 Å². The van der Waals surface area contributed by atoms with Crippen LogP contribution in [0.5, 0.6) is 0 Å². The van der Waals surface area contributed by atoms with E-state index >= 15 is 0 Å². The summed E-state index contributed by atoms with van der Waals surface area (Å²) in [5.74, 6) is -0.580. The highest BCUT2D eigenvalue weighted by molar-refractivity contribution is 6.38. The third-order valence-electron chi connectivity index (χ3n) is 3.65. The molecule has 3 rings (SSSR count). The molecule has 0 aromatic carbocycles. The normalized spacial score (nSPS) is 15.0. The third kappa shape index (κ3) is 3.34. The summed E-state index contributed by atoms with van der Waals surface area (Å²) >= 11 is 0. The molecule has 1 aliphatic rings. The van der Waals surface area contributed by atoms with Gasteiger partial charge in [0.2, 0.25) is 11.7 Å². The summed E-state index contributed by atoms with van der Waals surface area (Å²) in [7, 11) is 0. The average molecular weight is 348 g/mol. The van der Waals surface area contributed by atoms with Gasteiger partial charge in [-0.15, -0.1) is 0 Å². The minimum Gasteiger partial charge on any atom is -0.361 e. The third-order valence-corrected chi connectivity index (χ3v) is 3.65. The minimum atomic E-state index is -0.852. The van der Waals surface area contributed by atoms with Crippen molar-refractivity contribution >= 4 is 17.8 Å². The topological polar surface area (TPSA) is 135 Å². The average Bonchev–Trinajstić information content (AvgIpc) is 3.24. The molecule has 1 saturated heterocycles. The number of nitrogens with one attached hydrogen (secondary N) is 1. The fraction of sp³-hybridized carbons (Fsp3) is 0.429. The lowest BCUT2D eigenvalue weighted by Crippen LogP contribution is -2.58. The molecule has 0 radical (unpaired) electrons. The van der Waals surface area contributed by atoms with Crippen molar-refractivity contribution in [3.05, 3.63) is 17.7 Å². The zero-order valence-corrected chi connectivity index (χ0v) is 13.7. The molecule has 0 unspecified atom stereocenters. The van der Waals surface area contributed by atoms with Crippen LogP contribution in [-0.2, 0) is 16.1 Å². The molecule has 0 atom stereocenters. The number of imide groups is 1. The number of hydrogen-bond donors (Lipinski definition) is 1. The molecule has 11 nitrogen and oxygen atoms in total. The van der Waals surface area contributed by atoms with E-state index in [0.717, 1.165) is 4.90 Å². The number of aryl methyl sites for hydroxylation is 1. The van der Waals surface area contributed by atoms with Crippen LogP contribution < -0.4 is 5.32 Å². The Morgan fingerprint density at radius 1 is 1.24 bits per heavy atom. The molecule has 1 N–H and O–H groups in total. The largest absolute Gasteiger partial charge is 0.361 e. The summed E-state index contributed by atoms with van der Waals surface area (Å²) in [5, 5.41) is 9.97. The minimum absolute atomic E-state index is 0.0852. The van der Waals surface area contributed by atoms with E-state index in [1.165, 1.54) is 4.90 Å². The van der Waals surface area contributed by atoms with Crippen LogP contribution in [0.25, 0.3) is 11.5 Å². The maximum absolute atomic E-state index is 12.1.